The molecule has 1 amide bonds. The molecule has 1 heterocycles. The van der Waals surface area contributed by atoms with E-state index in [9.17, 15) is 4.79 Å². The third-order valence-corrected chi connectivity index (χ3v) is 3.20. The second-order valence-electron chi connectivity index (χ2n) is 4.39. The van der Waals surface area contributed by atoms with E-state index in [1.165, 1.54) is 0 Å². The molecule has 0 saturated heterocycles. The van der Waals surface area contributed by atoms with Crippen LogP contribution in [0.15, 0.2) is 17.5 Å². The van der Waals surface area contributed by atoms with Gasteiger partial charge in [0.15, 0.2) is 0 Å². The third-order valence-electron chi connectivity index (χ3n) is 2.32. The Morgan fingerprint density at radius 1 is 1.56 bits per heavy atom. The van der Waals surface area contributed by atoms with Gasteiger partial charge in [-0.15, -0.1) is 11.3 Å². The maximum atomic E-state index is 11.7. The van der Waals surface area contributed by atoms with Crippen molar-refractivity contribution in [3.05, 3.63) is 22.4 Å². The fourth-order valence-corrected chi connectivity index (χ4v) is 2.34. The number of nitrogens with two attached hydrogens (primary N) is 1. The smallest absolute Gasteiger partial charge is 0.225 e. The summed E-state index contributed by atoms with van der Waals surface area (Å²) in [5.41, 5.74) is 5.63. The van der Waals surface area contributed by atoms with Crippen LogP contribution in [0.1, 0.15) is 25.1 Å². The largest absolute Gasteiger partial charge is 0.352 e. The van der Waals surface area contributed by atoms with Gasteiger partial charge in [-0.3, -0.25) is 4.79 Å². The number of thiophene rings is 1. The van der Waals surface area contributed by atoms with Gasteiger partial charge in [-0.1, -0.05) is 19.9 Å². The Morgan fingerprint density at radius 3 is 2.81 bits per heavy atom. The van der Waals surface area contributed by atoms with Crippen LogP contribution < -0.4 is 11.1 Å². The van der Waals surface area contributed by atoms with Crippen LogP contribution in [0.3, 0.4) is 0 Å². The summed E-state index contributed by atoms with van der Waals surface area (Å²) in [6, 6.07) is 4.04. The zero-order valence-corrected chi connectivity index (χ0v) is 10.7. The van der Waals surface area contributed by atoms with Gasteiger partial charge in [-0.25, -0.2) is 0 Å². The summed E-state index contributed by atoms with van der Waals surface area (Å²) in [5.74, 6) is 0.620. The molecule has 16 heavy (non-hydrogen) atoms. The maximum Gasteiger partial charge on any atom is 0.225 e. The monoisotopic (exact) mass is 240 g/mol. The SMILES string of the molecule is CC(C)CC(CN)NC(=O)Cc1cccs1. The average molecular weight is 240 g/mol. The normalized spacial score (nSPS) is 12.8. The van der Waals surface area contributed by atoms with Crippen molar-refractivity contribution in [3.63, 3.8) is 0 Å². The molecule has 1 rings (SSSR count). The molecule has 90 valence electrons. The average Bonchev–Trinajstić information content (AvgIpc) is 2.68. The van der Waals surface area contributed by atoms with Crippen LogP contribution in [-0.2, 0) is 11.2 Å². The molecule has 0 aliphatic carbocycles. The van der Waals surface area contributed by atoms with Crippen molar-refractivity contribution in [2.75, 3.05) is 6.54 Å². The molecule has 0 radical (unpaired) electrons. The van der Waals surface area contributed by atoms with Crippen LogP contribution in [0, 0.1) is 5.92 Å². The zero-order chi connectivity index (χ0) is 12.0. The lowest BCUT2D eigenvalue weighted by Crippen LogP contribution is -2.41. The van der Waals surface area contributed by atoms with Gasteiger partial charge in [0.2, 0.25) is 5.91 Å². The Morgan fingerprint density at radius 2 is 2.31 bits per heavy atom. The first kappa shape index (κ1) is 13.2. The molecule has 0 aliphatic heterocycles. The molecular weight excluding hydrogens is 220 g/mol. The minimum absolute atomic E-state index is 0.0681. The van der Waals surface area contributed by atoms with Gasteiger partial charge < -0.3 is 11.1 Å². The summed E-state index contributed by atoms with van der Waals surface area (Å²) in [7, 11) is 0. The first-order chi connectivity index (χ1) is 7.61. The van der Waals surface area contributed by atoms with Crippen LogP contribution in [0.2, 0.25) is 0 Å². The summed E-state index contributed by atoms with van der Waals surface area (Å²) in [6.45, 7) is 4.77. The lowest BCUT2D eigenvalue weighted by atomic mass is 10.0. The number of nitrogens with one attached hydrogen (secondary N) is 1. The highest BCUT2D eigenvalue weighted by Gasteiger charge is 2.12. The number of amides is 1. The first-order valence-electron chi connectivity index (χ1n) is 5.63. The molecule has 1 atom stereocenters. The van der Waals surface area contributed by atoms with E-state index in [-0.39, 0.29) is 11.9 Å². The molecule has 1 aromatic heterocycles. The number of carbonyl (C=O) groups is 1. The highest BCUT2D eigenvalue weighted by molar-refractivity contribution is 7.10. The van der Waals surface area contributed by atoms with Crippen molar-refractivity contribution in [1.29, 1.82) is 0 Å². The van der Waals surface area contributed by atoms with Crippen molar-refractivity contribution < 1.29 is 4.79 Å². The molecule has 0 bridgehead atoms. The van der Waals surface area contributed by atoms with Crippen LogP contribution in [0.25, 0.3) is 0 Å². The standard InChI is InChI=1S/C12H20N2OS/c1-9(2)6-10(8-13)14-12(15)7-11-4-3-5-16-11/h3-5,9-10H,6-8,13H2,1-2H3,(H,14,15). The highest BCUT2D eigenvalue weighted by atomic mass is 32.1. The Hall–Kier alpha value is -0.870. The van der Waals surface area contributed by atoms with Crippen molar-refractivity contribution in [2.24, 2.45) is 11.7 Å². The van der Waals surface area contributed by atoms with Gasteiger partial charge in [0.25, 0.3) is 0 Å². The van der Waals surface area contributed by atoms with E-state index in [4.69, 9.17) is 5.73 Å². The van der Waals surface area contributed by atoms with Gasteiger partial charge in [0, 0.05) is 17.5 Å². The van der Waals surface area contributed by atoms with Gasteiger partial charge >= 0.3 is 0 Å². The predicted molar refractivity (Wildman–Crippen MR) is 68.5 cm³/mol. The van der Waals surface area contributed by atoms with E-state index < -0.39 is 0 Å². The Balaban J connectivity index is 2.37. The van der Waals surface area contributed by atoms with E-state index in [2.05, 4.69) is 19.2 Å². The predicted octanol–water partition coefficient (Wildman–Crippen LogP) is 1.78. The number of rotatable bonds is 6. The fraction of sp³-hybridized carbons (Fsp3) is 0.583. The van der Waals surface area contributed by atoms with Gasteiger partial charge in [-0.2, -0.15) is 0 Å². The van der Waals surface area contributed by atoms with Crippen LogP contribution in [0.5, 0.6) is 0 Å². The summed E-state index contributed by atoms with van der Waals surface area (Å²) in [6.07, 6.45) is 1.40. The number of hydrogen-bond acceptors (Lipinski definition) is 3. The van der Waals surface area contributed by atoms with E-state index in [1.54, 1.807) is 11.3 Å². The van der Waals surface area contributed by atoms with Crippen molar-refractivity contribution in [1.82, 2.24) is 5.32 Å². The topological polar surface area (TPSA) is 55.1 Å². The Labute approximate surface area is 101 Å². The molecule has 4 heteroatoms. The molecule has 1 unspecified atom stereocenters. The van der Waals surface area contributed by atoms with Gasteiger partial charge in [0.05, 0.1) is 6.42 Å². The molecule has 0 saturated carbocycles. The lowest BCUT2D eigenvalue weighted by Gasteiger charge is -2.18. The van der Waals surface area contributed by atoms with Crippen LogP contribution >= 0.6 is 11.3 Å². The van der Waals surface area contributed by atoms with Crippen LogP contribution in [0.4, 0.5) is 0 Å². The van der Waals surface area contributed by atoms with Crippen LogP contribution in [-0.4, -0.2) is 18.5 Å². The second-order valence-corrected chi connectivity index (χ2v) is 5.42. The fourth-order valence-electron chi connectivity index (χ4n) is 1.63. The molecule has 3 N–H and O–H groups in total. The molecular formula is C12H20N2OS. The molecule has 0 aromatic carbocycles. The number of carbonyl (C=O) groups excluding carboxylic acids is 1. The maximum absolute atomic E-state index is 11.7. The van der Waals surface area contributed by atoms with Crippen molar-refractivity contribution >= 4 is 17.2 Å². The van der Waals surface area contributed by atoms with Gasteiger partial charge in [0.1, 0.15) is 0 Å². The van der Waals surface area contributed by atoms with Gasteiger partial charge in [-0.05, 0) is 23.8 Å². The van der Waals surface area contributed by atoms with E-state index in [0.29, 0.717) is 18.9 Å². The summed E-state index contributed by atoms with van der Waals surface area (Å²) in [5, 5.41) is 4.96. The summed E-state index contributed by atoms with van der Waals surface area (Å²) < 4.78 is 0. The van der Waals surface area contributed by atoms with Crippen molar-refractivity contribution in [3.8, 4) is 0 Å². The molecule has 1 aromatic rings. The van der Waals surface area contributed by atoms with E-state index in [0.717, 1.165) is 11.3 Å². The second kappa shape index (κ2) is 6.66. The summed E-state index contributed by atoms with van der Waals surface area (Å²) in [4.78, 5) is 12.8. The molecule has 0 spiro atoms. The summed E-state index contributed by atoms with van der Waals surface area (Å²) >= 11 is 1.61. The Kier molecular flexibility index (Phi) is 5.49. The quantitative estimate of drug-likeness (QED) is 0.796. The third kappa shape index (κ3) is 4.77. The van der Waals surface area contributed by atoms with E-state index >= 15 is 0 Å². The molecule has 0 fully saturated rings. The zero-order valence-electron chi connectivity index (χ0n) is 9.90. The Bertz CT molecular complexity index is 309. The molecule has 3 nitrogen and oxygen atoms in total. The number of hydrogen-bond donors (Lipinski definition) is 2. The first-order valence-corrected chi connectivity index (χ1v) is 6.51. The minimum Gasteiger partial charge on any atom is -0.352 e. The van der Waals surface area contributed by atoms with E-state index in [1.807, 2.05) is 17.5 Å². The van der Waals surface area contributed by atoms with Crippen molar-refractivity contribution in [2.45, 2.75) is 32.7 Å². The molecule has 0 aliphatic rings. The highest BCUT2D eigenvalue weighted by Crippen LogP contribution is 2.09. The lowest BCUT2D eigenvalue weighted by molar-refractivity contribution is -0.121. The minimum atomic E-state index is 0.0681.